The summed E-state index contributed by atoms with van der Waals surface area (Å²) in [4.78, 5) is 26.6. The van der Waals surface area contributed by atoms with Crippen LogP contribution >= 0.6 is 0 Å². The fourth-order valence-electron chi connectivity index (χ4n) is 4.43. The predicted molar refractivity (Wildman–Crippen MR) is 141 cm³/mol. The highest BCUT2D eigenvalue weighted by Gasteiger charge is 2.47. The first-order chi connectivity index (χ1) is 19.8. The van der Waals surface area contributed by atoms with Crippen molar-refractivity contribution in [2.45, 2.75) is 37.6 Å². The van der Waals surface area contributed by atoms with Gasteiger partial charge in [-0.15, -0.1) is 0 Å². The van der Waals surface area contributed by atoms with Gasteiger partial charge in [0.05, 0.1) is 11.7 Å². The lowest BCUT2D eigenvalue weighted by atomic mass is 9.99. The normalized spacial score (nSPS) is 22.1. The number of aliphatic hydroxyl groups is 2. The van der Waals surface area contributed by atoms with Crippen LogP contribution in [0.3, 0.4) is 0 Å². The zero-order valence-corrected chi connectivity index (χ0v) is 21.5. The van der Waals surface area contributed by atoms with Crippen LogP contribution in [0.4, 0.5) is 0 Å². The third-order valence-electron chi connectivity index (χ3n) is 6.61. The maximum absolute atomic E-state index is 13.6. The number of rotatable bonds is 5. The summed E-state index contributed by atoms with van der Waals surface area (Å²) >= 11 is 0. The van der Waals surface area contributed by atoms with Crippen molar-refractivity contribution in [3.05, 3.63) is 64.3 Å². The average molecular weight is 584 g/mol. The third kappa shape index (κ3) is 5.05. The van der Waals surface area contributed by atoms with E-state index in [1.165, 1.54) is 31.2 Å². The molecular formula is C28H24O14. The SMILES string of the molecule is C[C@@H]1O[C@@H](Oc2c(-c3ccc(O)cc3)oc3cc(O)cc(O)c3c2=O)[C@H](OC(=O)c2cc(O)c(O)c(O)c2)[C@H](O)[C@H]1O. The third-order valence-corrected chi connectivity index (χ3v) is 6.61. The second-order valence-corrected chi connectivity index (χ2v) is 9.52. The van der Waals surface area contributed by atoms with Crippen LogP contribution in [0.2, 0.25) is 0 Å². The second kappa shape index (κ2) is 10.7. The van der Waals surface area contributed by atoms with Crippen molar-refractivity contribution in [3.63, 3.8) is 0 Å². The van der Waals surface area contributed by atoms with Gasteiger partial charge in [0, 0.05) is 17.7 Å². The summed E-state index contributed by atoms with van der Waals surface area (Å²) in [6.07, 6.45) is -8.15. The van der Waals surface area contributed by atoms with Gasteiger partial charge in [0.2, 0.25) is 17.5 Å². The zero-order chi connectivity index (χ0) is 30.5. The Kier molecular flexibility index (Phi) is 7.20. The smallest absolute Gasteiger partial charge is 0.339 e. The van der Waals surface area contributed by atoms with Gasteiger partial charge in [-0.1, -0.05) is 0 Å². The number of fused-ring (bicyclic) bond motifs is 1. The average Bonchev–Trinajstić information content (AvgIpc) is 2.93. The molecule has 5 atom stereocenters. The number of ether oxygens (including phenoxy) is 3. The number of hydrogen-bond acceptors (Lipinski definition) is 14. The molecule has 1 aliphatic heterocycles. The largest absolute Gasteiger partial charge is 0.508 e. The molecule has 0 bridgehead atoms. The standard InChI is InChI=1S/C28H24O14/c1-10-20(34)23(37)26(41-27(38)12-6-16(32)21(35)17(33)7-12)28(39-10)42-25-22(36)19-15(31)8-14(30)9-18(19)40-24(25)11-2-4-13(29)5-3-11/h2-10,20,23,26,28-35,37H,1H3/t10-,20-,23+,26+,28-/m0/s1. The molecule has 1 fully saturated rings. The molecule has 14 nitrogen and oxygen atoms in total. The van der Waals surface area contributed by atoms with Crippen molar-refractivity contribution >= 4 is 16.9 Å². The topological polar surface area (TPSA) is 237 Å². The second-order valence-electron chi connectivity index (χ2n) is 9.52. The number of phenolic OH excluding ortho intramolecular Hbond substituents is 6. The Morgan fingerprint density at radius 2 is 1.48 bits per heavy atom. The van der Waals surface area contributed by atoms with E-state index in [4.69, 9.17) is 18.6 Å². The Morgan fingerprint density at radius 3 is 2.12 bits per heavy atom. The van der Waals surface area contributed by atoms with Crippen LogP contribution < -0.4 is 10.2 Å². The molecule has 0 unspecified atom stereocenters. The van der Waals surface area contributed by atoms with Crippen LogP contribution in [-0.4, -0.2) is 77.5 Å². The first-order valence-electron chi connectivity index (χ1n) is 12.3. The number of carbonyl (C=O) groups is 1. The first-order valence-corrected chi connectivity index (χ1v) is 12.3. The van der Waals surface area contributed by atoms with E-state index in [-0.39, 0.29) is 22.7 Å². The summed E-state index contributed by atoms with van der Waals surface area (Å²) in [5, 5.41) is 80.0. The van der Waals surface area contributed by atoms with E-state index in [0.29, 0.717) is 0 Å². The minimum absolute atomic E-state index is 0.112. The number of phenols is 6. The van der Waals surface area contributed by atoms with E-state index in [0.717, 1.165) is 24.3 Å². The Hall–Kier alpha value is -5.18. The fourth-order valence-corrected chi connectivity index (χ4v) is 4.43. The molecule has 42 heavy (non-hydrogen) atoms. The van der Waals surface area contributed by atoms with Gasteiger partial charge in [-0.3, -0.25) is 4.79 Å². The van der Waals surface area contributed by atoms with Crippen LogP contribution in [0.25, 0.3) is 22.3 Å². The Morgan fingerprint density at radius 1 is 0.833 bits per heavy atom. The van der Waals surface area contributed by atoms with Crippen molar-refractivity contribution in [3.8, 4) is 51.6 Å². The molecule has 220 valence electrons. The minimum atomic E-state index is -1.84. The number of aromatic hydroxyl groups is 6. The van der Waals surface area contributed by atoms with Crippen molar-refractivity contribution in [2.24, 2.45) is 0 Å². The molecule has 0 saturated carbocycles. The van der Waals surface area contributed by atoms with Crippen LogP contribution in [0.1, 0.15) is 17.3 Å². The predicted octanol–water partition coefficient (Wildman–Crippen LogP) is 1.76. The van der Waals surface area contributed by atoms with Crippen LogP contribution in [0.15, 0.2) is 57.7 Å². The molecule has 8 N–H and O–H groups in total. The van der Waals surface area contributed by atoms with Crippen molar-refractivity contribution in [2.75, 3.05) is 0 Å². The quantitative estimate of drug-likeness (QED) is 0.123. The molecule has 5 rings (SSSR count). The minimum Gasteiger partial charge on any atom is -0.508 e. The van der Waals surface area contributed by atoms with Gasteiger partial charge in [-0.05, 0) is 43.3 Å². The highest BCUT2D eigenvalue weighted by Crippen LogP contribution is 2.39. The number of benzene rings is 3. The van der Waals surface area contributed by atoms with Crippen molar-refractivity contribution < 1.29 is 64.3 Å². The highest BCUT2D eigenvalue weighted by atomic mass is 16.7. The number of esters is 1. The van der Waals surface area contributed by atoms with E-state index < -0.39 is 87.6 Å². The molecule has 0 aliphatic carbocycles. The van der Waals surface area contributed by atoms with Crippen LogP contribution in [0, 0.1) is 0 Å². The lowest BCUT2D eigenvalue weighted by Gasteiger charge is -2.40. The summed E-state index contributed by atoms with van der Waals surface area (Å²) in [6.45, 7) is 1.37. The van der Waals surface area contributed by atoms with E-state index in [1.807, 2.05) is 0 Å². The van der Waals surface area contributed by atoms with E-state index in [9.17, 15) is 50.4 Å². The molecule has 14 heteroatoms. The summed E-state index contributed by atoms with van der Waals surface area (Å²) in [5.74, 6) is -5.84. The zero-order valence-electron chi connectivity index (χ0n) is 21.5. The summed E-state index contributed by atoms with van der Waals surface area (Å²) in [6, 6.07) is 8.86. The monoisotopic (exact) mass is 584 g/mol. The van der Waals surface area contributed by atoms with E-state index >= 15 is 0 Å². The van der Waals surface area contributed by atoms with Gasteiger partial charge >= 0.3 is 5.97 Å². The van der Waals surface area contributed by atoms with E-state index in [1.54, 1.807) is 0 Å². The maximum Gasteiger partial charge on any atom is 0.339 e. The molecule has 0 radical (unpaired) electrons. The summed E-state index contributed by atoms with van der Waals surface area (Å²) < 4.78 is 22.6. The molecule has 1 aliphatic rings. The molecule has 3 aromatic carbocycles. The van der Waals surface area contributed by atoms with Gasteiger partial charge in [-0.25, -0.2) is 4.79 Å². The fraction of sp³-hybridized carbons (Fsp3) is 0.214. The molecule has 0 amide bonds. The molecule has 1 aromatic heterocycles. The van der Waals surface area contributed by atoms with E-state index in [2.05, 4.69) is 0 Å². The first kappa shape index (κ1) is 28.4. The van der Waals surface area contributed by atoms with Crippen LogP contribution in [-0.2, 0) is 9.47 Å². The van der Waals surface area contributed by atoms with Gasteiger partial charge in [0.25, 0.3) is 0 Å². The van der Waals surface area contributed by atoms with Crippen molar-refractivity contribution in [1.29, 1.82) is 0 Å². The number of carbonyl (C=O) groups excluding carboxylic acids is 1. The number of aliphatic hydroxyl groups excluding tert-OH is 2. The van der Waals surface area contributed by atoms with Gasteiger partial charge in [0.15, 0.2) is 29.1 Å². The summed E-state index contributed by atoms with van der Waals surface area (Å²) in [5.41, 5.74) is -1.44. The Bertz CT molecular complexity index is 1700. The molecule has 4 aromatic rings. The van der Waals surface area contributed by atoms with Gasteiger partial charge < -0.3 is 59.5 Å². The Balaban J connectivity index is 1.60. The molecule has 0 spiro atoms. The highest BCUT2D eigenvalue weighted by molar-refractivity contribution is 5.91. The molecule has 1 saturated heterocycles. The van der Waals surface area contributed by atoms with Gasteiger partial charge in [-0.2, -0.15) is 0 Å². The molecule has 2 heterocycles. The van der Waals surface area contributed by atoms with Gasteiger partial charge in [0.1, 0.15) is 40.4 Å². The maximum atomic E-state index is 13.6. The lowest BCUT2D eigenvalue weighted by Crippen LogP contribution is -2.60. The Labute approximate surface area is 235 Å². The summed E-state index contributed by atoms with van der Waals surface area (Å²) in [7, 11) is 0. The lowest BCUT2D eigenvalue weighted by molar-refractivity contribution is -0.267. The van der Waals surface area contributed by atoms with Crippen molar-refractivity contribution in [1.82, 2.24) is 0 Å². The number of hydrogen-bond donors (Lipinski definition) is 8. The molecular weight excluding hydrogens is 560 g/mol. The van der Waals surface area contributed by atoms with Crippen LogP contribution in [0.5, 0.6) is 40.2 Å².